The zero-order valence-electron chi connectivity index (χ0n) is 39.6. The molecule has 4 aromatic rings. The van der Waals surface area contributed by atoms with E-state index >= 15 is 0 Å². The molecule has 62 heavy (non-hydrogen) atoms. The Hall–Kier alpha value is -2.22. The standard InChI is InChI=1S/C24H32B2O4.C12H24B2O4.C12H8Br2/c1-21(2)22(3,4)28-25(27-21)19-13-9-11-17(15-19)18-12-10-14-20(16-18)26-29-23(5,6)24(7,8)30-26;1-9(2)10(3,4)16-13(15-9)14-17-11(5,6)12(7,8)18-14;13-11-5-1-3-9(7-11)10-4-2-6-12(14)8-10/h9-16H,1-8H3;1-8H3;1-8H. The molecule has 4 aromatic carbocycles. The van der Waals surface area contributed by atoms with Crippen LogP contribution in [0.1, 0.15) is 111 Å². The fraction of sp³-hybridized carbons (Fsp3) is 0.500. The van der Waals surface area contributed by atoms with E-state index in [-0.39, 0.29) is 59.0 Å². The van der Waals surface area contributed by atoms with Crippen molar-refractivity contribution in [2.24, 2.45) is 0 Å². The van der Waals surface area contributed by atoms with Crippen molar-refractivity contribution in [1.82, 2.24) is 0 Å². The van der Waals surface area contributed by atoms with E-state index in [2.05, 4.69) is 160 Å². The van der Waals surface area contributed by atoms with E-state index < -0.39 is 14.0 Å². The summed E-state index contributed by atoms with van der Waals surface area (Å²) in [6.07, 6.45) is 0. The fourth-order valence-corrected chi connectivity index (χ4v) is 7.82. The summed E-state index contributed by atoms with van der Waals surface area (Å²) in [4.78, 5) is 0. The molecule has 0 N–H and O–H groups in total. The molecule has 8 nitrogen and oxygen atoms in total. The molecule has 4 heterocycles. The van der Waals surface area contributed by atoms with Gasteiger partial charge in [0.25, 0.3) is 0 Å². The largest absolute Gasteiger partial charge is 0.494 e. The highest BCUT2D eigenvalue weighted by atomic mass is 79.9. The van der Waals surface area contributed by atoms with Crippen molar-refractivity contribution in [2.45, 2.75) is 156 Å². The highest BCUT2D eigenvalue weighted by Gasteiger charge is 2.64. The third-order valence-electron chi connectivity index (χ3n) is 13.9. The molecule has 0 amide bonds. The molecule has 14 heteroatoms. The molecule has 4 saturated heterocycles. The quantitative estimate of drug-likeness (QED) is 0.183. The molecule has 0 saturated carbocycles. The van der Waals surface area contributed by atoms with Crippen molar-refractivity contribution in [2.75, 3.05) is 0 Å². The van der Waals surface area contributed by atoms with Crippen LogP contribution >= 0.6 is 31.9 Å². The van der Waals surface area contributed by atoms with Crippen molar-refractivity contribution in [1.29, 1.82) is 0 Å². The Labute approximate surface area is 390 Å². The molecule has 4 aliphatic heterocycles. The molecule has 0 bridgehead atoms. The van der Waals surface area contributed by atoms with Gasteiger partial charge in [0.2, 0.25) is 0 Å². The molecule has 4 fully saturated rings. The van der Waals surface area contributed by atoms with Crippen LogP contribution < -0.4 is 10.9 Å². The summed E-state index contributed by atoms with van der Waals surface area (Å²) in [5, 5.41) is 0. The highest BCUT2D eigenvalue weighted by Crippen LogP contribution is 2.43. The first-order chi connectivity index (χ1) is 28.4. The maximum absolute atomic E-state index is 6.23. The van der Waals surface area contributed by atoms with Gasteiger partial charge in [0, 0.05) is 8.95 Å². The van der Waals surface area contributed by atoms with Crippen molar-refractivity contribution in [3.05, 3.63) is 106 Å². The Morgan fingerprint density at radius 3 is 0.790 bits per heavy atom. The molecule has 8 rings (SSSR count). The molecule has 4 aliphatic rings. The molecule has 0 unspecified atom stereocenters. The van der Waals surface area contributed by atoms with Crippen LogP contribution in [0.2, 0.25) is 0 Å². The Bertz CT molecular complexity index is 2010. The van der Waals surface area contributed by atoms with E-state index in [1.807, 2.05) is 79.7 Å². The van der Waals surface area contributed by atoms with E-state index in [1.165, 1.54) is 11.1 Å². The van der Waals surface area contributed by atoms with Gasteiger partial charge in [-0.25, -0.2) is 0 Å². The SMILES string of the molecule is Brc1cccc(-c2cccc(Br)c2)c1.CC1(C)OB(B2OC(C)(C)C(C)(C)O2)OC1(C)C.CC1(C)OB(c2cccc(-c3cccc(B4OC(C)(C)C(C)(C)O4)c3)c2)OC1(C)C. The van der Waals surface area contributed by atoms with Crippen molar-refractivity contribution in [3.63, 3.8) is 0 Å². The van der Waals surface area contributed by atoms with E-state index in [0.29, 0.717) is 0 Å². The van der Waals surface area contributed by atoms with Gasteiger partial charge in [-0.2, -0.15) is 0 Å². The minimum absolute atomic E-state index is 0.357. The van der Waals surface area contributed by atoms with Gasteiger partial charge in [-0.05, 0) is 168 Å². The van der Waals surface area contributed by atoms with Gasteiger partial charge in [-0.1, -0.05) is 105 Å². The minimum atomic E-state index is -0.476. The molecule has 0 aromatic heterocycles. The van der Waals surface area contributed by atoms with E-state index in [0.717, 1.165) is 31.0 Å². The van der Waals surface area contributed by atoms with Gasteiger partial charge >= 0.3 is 28.3 Å². The van der Waals surface area contributed by atoms with Crippen LogP contribution in [0.15, 0.2) is 106 Å². The molecular weight excluding hydrogens is 908 g/mol. The second-order valence-corrected chi connectivity index (χ2v) is 22.5. The maximum atomic E-state index is 6.23. The predicted octanol–water partition coefficient (Wildman–Crippen LogP) is 11.1. The average Bonchev–Trinajstić information content (AvgIpc) is 3.72. The first-order valence-electron chi connectivity index (χ1n) is 21.6. The number of halogens is 2. The van der Waals surface area contributed by atoms with Gasteiger partial charge in [0.05, 0.1) is 44.8 Å². The third kappa shape index (κ3) is 10.4. The molecule has 0 atom stereocenters. The summed E-state index contributed by atoms with van der Waals surface area (Å²) < 4.78 is 51.0. The van der Waals surface area contributed by atoms with Gasteiger partial charge < -0.3 is 37.2 Å². The van der Waals surface area contributed by atoms with Crippen LogP contribution in [-0.2, 0) is 37.2 Å². The lowest BCUT2D eigenvalue weighted by atomic mass is 9.49. The first kappa shape index (κ1) is 49.2. The van der Waals surface area contributed by atoms with Crippen LogP contribution in [0.3, 0.4) is 0 Å². The molecule has 0 radical (unpaired) electrons. The van der Waals surface area contributed by atoms with Crippen LogP contribution in [0, 0.1) is 0 Å². The normalized spacial score (nSPS) is 23.1. The second kappa shape index (κ2) is 17.5. The summed E-state index contributed by atoms with van der Waals surface area (Å²) >= 11 is 6.93. The second-order valence-electron chi connectivity index (χ2n) is 20.7. The van der Waals surface area contributed by atoms with Gasteiger partial charge in [-0.15, -0.1) is 0 Å². The summed E-state index contributed by atoms with van der Waals surface area (Å²) in [5.41, 5.74) is 3.84. The topological polar surface area (TPSA) is 73.8 Å². The lowest BCUT2D eigenvalue weighted by Gasteiger charge is -2.32. The molecule has 330 valence electrons. The number of hydrogen-bond acceptors (Lipinski definition) is 8. The van der Waals surface area contributed by atoms with E-state index in [9.17, 15) is 0 Å². The molecular formula is C48H64B4Br2O8. The Morgan fingerprint density at radius 2 is 0.532 bits per heavy atom. The Kier molecular flexibility index (Phi) is 13.9. The minimum Gasteiger partial charge on any atom is -0.405 e. The number of benzene rings is 4. The number of rotatable bonds is 5. The Morgan fingerprint density at radius 1 is 0.306 bits per heavy atom. The summed E-state index contributed by atoms with van der Waals surface area (Å²) in [6, 6.07) is 33.3. The summed E-state index contributed by atoms with van der Waals surface area (Å²) in [6.45, 7) is 32.8. The van der Waals surface area contributed by atoms with E-state index in [4.69, 9.17) is 37.2 Å². The van der Waals surface area contributed by atoms with Crippen LogP contribution in [-0.4, -0.2) is 73.1 Å². The van der Waals surface area contributed by atoms with Gasteiger partial charge in [0.1, 0.15) is 0 Å². The maximum Gasteiger partial charge on any atom is 0.494 e. The average molecular weight is 972 g/mol. The number of hydrogen-bond donors (Lipinski definition) is 0. The van der Waals surface area contributed by atoms with Crippen LogP contribution in [0.25, 0.3) is 22.3 Å². The highest BCUT2D eigenvalue weighted by molar-refractivity contribution is 9.10. The van der Waals surface area contributed by atoms with Crippen molar-refractivity contribution in [3.8, 4) is 22.3 Å². The third-order valence-corrected chi connectivity index (χ3v) is 14.9. The molecule has 0 spiro atoms. The zero-order chi connectivity index (χ0) is 45.9. The summed E-state index contributed by atoms with van der Waals surface area (Å²) in [5.74, 6) is 0. The monoisotopic (exact) mass is 970 g/mol. The molecule has 0 aliphatic carbocycles. The lowest BCUT2D eigenvalue weighted by molar-refractivity contribution is 0.00578. The smallest absolute Gasteiger partial charge is 0.405 e. The van der Waals surface area contributed by atoms with Crippen molar-refractivity contribution < 1.29 is 37.2 Å². The fourth-order valence-electron chi connectivity index (χ4n) is 7.02. The van der Waals surface area contributed by atoms with Gasteiger partial charge in [-0.3, -0.25) is 0 Å². The van der Waals surface area contributed by atoms with Crippen LogP contribution in [0.4, 0.5) is 0 Å². The Balaban J connectivity index is 0.000000170. The van der Waals surface area contributed by atoms with Crippen molar-refractivity contribution >= 4 is 71.0 Å². The van der Waals surface area contributed by atoms with Gasteiger partial charge in [0.15, 0.2) is 0 Å². The summed E-state index contributed by atoms with van der Waals surface area (Å²) in [7, 11) is -1.70. The predicted molar refractivity (Wildman–Crippen MR) is 263 cm³/mol. The van der Waals surface area contributed by atoms with Crippen LogP contribution in [0.5, 0.6) is 0 Å². The zero-order valence-corrected chi connectivity index (χ0v) is 42.7. The first-order valence-corrected chi connectivity index (χ1v) is 23.2. The lowest BCUT2D eigenvalue weighted by Crippen LogP contribution is -2.41. The van der Waals surface area contributed by atoms with E-state index in [1.54, 1.807) is 0 Å².